The van der Waals surface area contributed by atoms with E-state index in [1.165, 1.54) is 6.42 Å². The highest BCUT2D eigenvalue weighted by molar-refractivity contribution is 5.76. The van der Waals surface area contributed by atoms with Gasteiger partial charge in [-0.3, -0.25) is 9.48 Å². The normalized spacial score (nSPS) is 16.4. The molecule has 0 saturated carbocycles. The summed E-state index contributed by atoms with van der Waals surface area (Å²) in [4.78, 5) is 13.8. The molecule has 1 aromatic rings. The predicted octanol–water partition coefficient (Wildman–Crippen LogP) is 0.786. The number of carbonyl (C=O) groups excluding carboxylic acids is 1. The number of rotatable bonds is 2. The monoisotopic (exact) mass is 222 g/mol. The second-order valence-corrected chi connectivity index (χ2v) is 4.34. The minimum absolute atomic E-state index is 0.141. The zero-order valence-corrected chi connectivity index (χ0v) is 9.65. The van der Waals surface area contributed by atoms with E-state index in [2.05, 4.69) is 5.10 Å². The SMILES string of the molecule is Cc1cn(CC(=O)N2CCCCC2)nc1N. The standard InChI is InChI=1S/C11H18N4O/c1-9-7-15(13-11(9)12)8-10(16)14-5-3-2-4-6-14/h7H,2-6,8H2,1H3,(H2,12,13). The fraction of sp³-hybridized carbons (Fsp3) is 0.636. The first-order chi connectivity index (χ1) is 7.66. The number of nitrogens with zero attached hydrogens (tertiary/aromatic N) is 3. The van der Waals surface area contributed by atoms with Gasteiger partial charge in [-0.05, 0) is 26.2 Å². The summed E-state index contributed by atoms with van der Waals surface area (Å²) in [6.07, 6.45) is 5.28. The van der Waals surface area contributed by atoms with E-state index in [0.717, 1.165) is 31.5 Å². The molecule has 5 nitrogen and oxygen atoms in total. The molecule has 0 aromatic carbocycles. The van der Waals surface area contributed by atoms with Crippen LogP contribution in [0.1, 0.15) is 24.8 Å². The van der Waals surface area contributed by atoms with Crippen LogP contribution in [0.5, 0.6) is 0 Å². The molecule has 1 saturated heterocycles. The lowest BCUT2D eigenvalue weighted by Gasteiger charge is -2.26. The molecular formula is C11H18N4O. The Morgan fingerprint density at radius 1 is 1.44 bits per heavy atom. The molecule has 2 heterocycles. The van der Waals surface area contributed by atoms with E-state index in [4.69, 9.17) is 5.73 Å². The highest BCUT2D eigenvalue weighted by Gasteiger charge is 2.17. The molecule has 2 rings (SSSR count). The molecule has 0 bridgehead atoms. The molecule has 0 unspecified atom stereocenters. The van der Waals surface area contributed by atoms with Crippen LogP contribution >= 0.6 is 0 Å². The van der Waals surface area contributed by atoms with Crippen molar-refractivity contribution in [1.29, 1.82) is 0 Å². The lowest BCUT2D eigenvalue weighted by atomic mass is 10.1. The van der Waals surface area contributed by atoms with Gasteiger partial charge in [-0.2, -0.15) is 5.10 Å². The molecule has 2 N–H and O–H groups in total. The number of aromatic nitrogens is 2. The van der Waals surface area contributed by atoms with Crippen LogP contribution in [-0.2, 0) is 11.3 Å². The number of nitrogens with two attached hydrogens (primary N) is 1. The quantitative estimate of drug-likeness (QED) is 0.804. The summed E-state index contributed by atoms with van der Waals surface area (Å²) >= 11 is 0. The fourth-order valence-corrected chi connectivity index (χ4v) is 2.00. The molecule has 88 valence electrons. The maximum atomic E-state index is 11.9. The van der Waals surface area contributed by atoms with Crippen LogP contribution in [0.3, 0.4) is 0 Å². The number of likely N-dealkylation sites (tertiary alicyclic amines) is 1. The first-order valence-corrected chi connectivity index (χ1v) is 5.74. The topological polar surface area (TPSA) is 64.2 Å². The second kappa shape index (κ2) is 4.55. The molecule has 1 amide bonds. The molecule has 5 heteroatoms. The summed E-state index contributed by atoms with van der Waals surface area (Å²) in [5.74, 6) is 0.647. The van der Waals surface area contributed by atoms with Crippen LogP contribution in [0.2, 0.25) is 0 Å². The molecule has 1 fully saturated rings. The third kappa shape index (κ3) is 2.35. The Hall–Kier alpha value is -1.52. The van der Waals surface area contributed by atoms with Gasteiger partial charge in [0, 0.05) is 24.8 Å². The highest BCUT2D eigenvalue weighted by atomic mass is 16.2. The van der Waals surface area contributed by atoms with E-state index in [-0.39, 0.29) is 5.91 Å². The Morgan fingerprint density at radius 2 is 2.12 bits per heavy atom. The van der Waals surface area contributed by atoms with E-state index in [1.807, 2.05) is 18.0 Å². The van der Waals surface area contributed by atoms with Crippen molar-refractivity contribution >= 4 is 11.7 Å². The summed E-state index contributed by atoms with van der Waals surface area (Å²) < 4.78 is 1.63. The van der Waals surface area contributed by atoms with Gasteiger partial charge in [0.05, 0.1) is 0 Å². The van der Waals surface area contributed by atoms with Crippen LogP contribution in [-0.4, -0.2) is 33.7 Å². The molecule has 0 aliphatic carbocycles. The summed E-state index contributed by atoms with van der Waals surface area (Å²) in [7, 11) is 0. The molecular weight excluding hydrogens is 204 g/mol. The lowest BCUT2D eigenvalue weighted by Crippen LogP contribution is -2.37. The maximum absolute atomic E-state index is 11.9. The molecule has 0 spiro atoms. The van der Waals surface area contributed by atoms with E-state index < -0.39 is 0 Å². The number of anilines is 1. The van der Waals surface area contributed by atoms with Gasteiger partial charge in [0.15, 0.2) is 0 Å². The number of hydrogen-bond acceptors (Lipinski definition) is 3. The summed E-state index contributed by atoms with van der Waals surface area (Å²) in [5, 5.41) is 4.09. The Morgan fingerprint density at radius 3 is 2.69 bits per heavy atom. The smallest absolute Gasteiger partial charge is 0.244 e. The average Bonchev–Trinajstić information content (AvgIpc) is 2.59. The maximum Gasteiger partial charge on any atom is 0.244 e. The first kappa shape index (κ1) is 11.0. The Bertz CT molecular complexity index is 360. The molecule has 0 atom stereocenters. The fourth-order valence-electron chi connectivity index (χ4n) is 2.00. The molecule has 1 aliphatic heterocycles. The Balaban J connectivity index is 1.95. The van der Waals surface area contributed by atoms with Crippen LogP contribution in [0.4, 0.5) is 5.82 Å². The van der Waals surface area contributed by atoms with Gasteiger partial charge in [-0.15, -0.1) is 0 Å². The third-order valence-electron chi connectivity index (χ3n) is 2.99. The van der Waals surface area contributed by atoms with Crippen molar-refractivity contribution < 1.29 is 4.79 Å². The van der Waals surface area contributed by atoms with Crippen LogP contribution in [0, 0.1) is 6.92 Å². The van der Waals surface area contributed by atoms with Crippen molar-refractivity contribution in [2.45, 2.75) is 32.7 Å². The number of aryl methyl sites for hydroxylation is 1. The van der Waals surface area contributed by atoms with Crippen molar-refractivity contribution in [1.82, 2.24) is 14.7 Å². The van der Waals surface area contributed by atoms with Crippen molar-refractivity contribution in [3.05, 3.63) is 11.8 Å². The average molecular weight is 222 g/mol. The number of piperidine rings is 1. The second-order valence-electron chi connectivity index (χ2n) is 4.34. The van der Waals surface area contributed by atoms with E-state index in [9.17, 15) is 4.79 Å². The van der Waals surface area contributed by atoms with Gasteiger partial charge in [0.1, 0.15) is 12.4 Å². The van der Waals surface area contributed by atoms with Crippen LogP contribution in [0.15, 0.2) is 6.20 Å². The summed E-state index contributed by atoms with van der Waals surface area (Å²) in [6.45, 7) is 3.96. The molecule has 0 radical (unpaired) electrons. The van der Waals surface area contributed by atoms with Crippen LogP contribution in [0.25, 0.3) is 0 Å². The van der Waals surface area contributed by atoms with Gasteiger partial charge >= 0.3 is 0 Å². The van der Waals surface area contributed by atoms with E-state index in [1.54, 1.807) is 4.68 Å². The third-order valence-corrected chi connectivity index (χ3v) is 2.99. The van der Waals surface area contributed by atoms with Crippen molar-refractivity contribution in [3.8, 4) is 0 Å². The van der Waals surface area contributed by atoms with Crippen molar-refractivity contribution in [3.63, 3.8) is 0 Å². The molecule has 1 aromatic heterocycles. The van der Waals surface area contributed by atoms with Gasteiger partial charge in [0.2, 0.25) is 5.91 Å². The minimum atomic E-state index is 0.141. The van der Waals surface area contributed by atoms with E-state index in [0.29, 0.717) is 12.4 Å². The molecule has 1 aliphatic rings. The zero-order chi connectivity index (χ0) is 11.5. The van der Waals surface area contributed by atoms with Gasteiger partial charge < -0.3 is 10.6 Å². The zero-order valence-electron chi connectivity index (χ0n) is 9.65. The van der Waals surface area contributed by atoms with E-state index >= 15 is 0 Å². The van der Waals surface area contributed by atoms with Crippen molar-refractivity contribution in [2.24, 2.45) is 0 Å². The highest BCUT2D eigenvalue weighted by Crippen LogP contribution is 2.10. The minimum Gasteiger partial charge on any atom is -0.382 e. The van der Waals surface area contributed by atoms with Crippen molar-refractivity contribution in [2.75, 3.05) is 18.8 Å². The van der Waals surface area contributed by atoms with Gasteiger partial charge in [0.25, 0.3) is 0 Å². The Kier molecular flexibility index (Phi) is 3.12. The predicted molar refractivity (Wildman–Crippen MR) is 61.8 cm³/mol. The number of nitrogen functional groups attached to an aromatic ring is 1. The largest absolute Gasteiger partial charge is 0.382 e. The lowest BCUT2D eigenvalue weighted by molar-refractivity contribution is -0.132. The van der Waals surface area contributed by atoms with Crippen LogP contribution < -0.4 is 5.73 Å². The summed E-state index contributed by atoms with van der Waals surface area (Å²) in [6, 6.07) is 0. The number of hydrogen-bond donors (Lipinski definition) is 1. The first-order valence-electron chi connectivity index (χ1n) is 5.74. The van der Waals surface area contributed by atoms with Gasteiger partial charge in [-0.1, -0.05) is 0 Å². The Labute approximate surface area is 95.2 Å². The summed E-state index contributed by atoms with van der Waals surface area (Å²) in [5.41, 5.74) is 6.56. The number of amides is 1. The molecule has 16 heavy (non-hydrogen) atoms. The van der Waals surface area contributed by atoms with Gasteiger partial charge in [-0.25, -0.2) is 0 Å². The number of carbonyl (C=O) groups is 1.